The second kappa shape index (κ2) is 11.6. The Balaban J connectivity index is 1.49. The van der Waals surface area contributed by atoms with Crippen molar-refractivity contribution < 1.29 is 19.6 Å². The predicted molar refractivity (Wildman–Crippen MR) is 141 cm³/mol. The molecule has 1 heterocycles. The standard InChI is InChI=1S/C27H24ClN5O5/c28-22-8-6-20(7-9-22)14-15-27(16-29,21-4-2-1-3-5-21)17-32-19-31(18-30-32)25(26(34)35)38-24-12-10-23(11-13-24)33(36)37/h1-13,18,25H,14-15,17,19H2,(H,34,35). The van der Waals surface area contributed by atoms with Crippen LogP contribution in [0.4, 0.5) is 5.69 Å². The monoisotopic (exact) mass is 533 g/mol. The van der Waals surface area contributed by atoms with Gasteiger partial charge in [-0.15, -0.1) is 0 Å². The fourth-order valence-corrected chi connectivity index (χ4v) is 4.34. The van der Waals surface area contributed by atoms with E-state index in [0.29, 0.717) is 17.9 Å². The molecule has 4 rings (SSSR count). The van der Waals surface area contributed by atoms with Crippen LogP contribution < -0.4 is 4.74 Å². The number of carboxylic acid groups (broad SMARTS) is 1. The number of hydrogen-bond acceptors (Lipinski definition) is 8. The molecule has 2 unspecified atom stereocenters. The van der Waals surface area contributed by atoms with Crippen molar-refractivity contribution >= 4 is 29.6 Å². The third-order valence-electron chi connectivity index (χ3n) is 6.24. The largest absolute Gasteiger partial charge is 0.477 e. The van der Waals surface area contributed by atoms with Gasteiger partial charge in [0.1, 0.15) is 24.2 Å². The molecule has 0 saturated carbocycles. The third-order valence-corrected chi connectivity index (χ3v) is 6.50. The number of nitrogens with zero attached hydrogens (tertiary/aromatic N) is 5. The molecule has 2 atom stereocenters. The highest BCUT2D eigenvalue weighted by Crippen LogP contribution is 2.32. The molecule has 38 heavy (non-hydrogen) atoms. The normalized spacial score (nSPS) is 14.9. The zero-order valence-electron chi connectivity index (χ0n) is 20.2. The lowest BCUT2D eigenvalue weighted by molar-refractivity contribution is -0.384. The summed E-state index contributed by atoms with van der Waals surface area (Å²) >= 11 is 6.01. The Kier molecular flexibility index (Phi) is 8.09. The van der Waals surface area contributed by atoms with Crippen molar-refractivity contribution in [3.05, 3.63) is 105 Å². The molecule has 0 aromatic heterocycles. The van der Waals surface area contributed by atoms with Gasteiger partial charge in [-0.2, -0.15) is 10.4 Å². The van der Waals surface area contributed by atoms with Crippen molar-refractivity contribution in [1.29, 1.82) is 5.26 Å². The Labute approximate surface area is 224 Å². The zero-order valence-corrected chi connectivity index (χ0v) is 20.9. The summed E-state index contributed by atoms with van der Waals surface area (Å²) in [6, 6.07) is 24.6. The fourth-order valence-electron chi connectivity index (χ4n) is 4.21. The highest BCUT2D eigenvalue weighted by molar-refractivity contribution is 6.30. The molecular weight excluding hydrogens is 510 g/mol. The Morgan fingerprint density at radius 1 is 1.16 bits per heavy atom. The molecule has 3 aromatic rings. The molecule has 0 aliphatic carbocycles. The van der Waals surface area contributed by atoms with Crippen molar-refractivity contribution in [2.45, 2.75) is 24.5 Å². The summed E-state index contributed by atoms with van der Waals surface area (Å²) in [5.41, 5.74) is 0.818. The molecule has 0 radical (unpaired) electrons. The molecule has 0 bridgehead atoms. The summed E-state index contributed by atoms with van der Waals surface area (Å²) in [4.78, 5) is 23.7. The first-order chi connectivity index (χ1) is 18.3. The maximum Gasteiger partial charge on any atom is 0.366 e. The van der Waals surface area contributed by atoms with E-state index in [4.69, 9.17) is 16.3 Å². The third kappa shape index (κ3) is 6.19. The molecule has 194 valence electrons. The SMILES string of the molecule is N#CC(CCc1ccc(Cl)cc1)(CN1CN(C(Oc2ccc([N+](=O)[O-])cc2)C(=O)O)C=N1)c1ccccc1. The first-order valence-corrected chi connectivity index (χ1v) is 12.1. The van der Waals surface area contributed by atoms with Gasteiger partial charge in [0.05, 0.1) is 17.5 Å². The summed E-state index contributed by atoms with van der Waals surface area (Å²) in [6.07, 6.45) is 1.06. The van der Waals surface area contributed by atoms with Crippen LogP contribution >= 0.6 is 11.6 Å². The minimum atomic E-state index is -1.42. The van der Waals surface area contributed by atoms with Gasteiger partial charge in [-0.3, -0.25) is 20.0 Å². The molecule has 1 aliphatic heterocycles. The maximum absolute atomic E-state index is 12.0. The van der Waals surface area contributed by atoms with Gasteiger partial charge in [-0.25, -0.2) is 4.79 Å². The van der Waals surface area contributed by atoms with Gasteiger partial charge >= 0.3 is 5.97 Å². The molecule has 1 aliphatic rings. The number of non-ortho nitro benzene ring substituents is 1. The molecule has 0 fully saturated rings. The molecule has 3 aromatic carbocycles. The van der Waals surface area contributed by atoms with E-state index in [-0.39, 0.29) is 24.7 Å². The van der Waals surface area contributed by atoms with Crippen molar-refractivity contribution in [3.8, 4) is 11.8 Å². The Bertz CT molecular complexity index is 1350. The van der Waals surface area contributed by atoms with Crippen LogP contribution in [0.3, 0.4) is 0 Å². The van der Waals surface area contributed by atoms with Gasteiger partial charge in [0.15, 0.2) is 0 Å². The molecule has 11 heteroatoms. The van der Waals surface area contributed by atoms with Gasteiger partial charge in [0.25, 0.3) is 11.9 Å². The lowest BCUT2D eigenvalue weighted by atomic mass is 9.77. The van der Waals surface area contributed by atoms with Crippen LogP contribution in [0.2, 0.25) is 5.02 Å². The van der Waals surface area contributed by atoms with Crippen LogP contribution in [0, 0.1) is 21.4 Å². The van der Waals surface area contributed by atoms with Gasteiger partial charge in [0.2, 0.25) is 0 Å². The van der Waals surface area contributed by atoms with E-state index >= 15 is 0 Å². The number of aliphatic carboxylic acids is 1. The summed E-state index contributed by atoms with van der Waals surface area (Å²) in [5, 5.41) is 37.7. The Morgan fingerprint density at radius 3 is 2.45 bits per heavy atom. The number of nitro groups is 1. The average molecular weight is 534 g/mol. The zero-order chi connectivity index (χ0) is 27.1. The number of carboxylic acids is 1. The lowest BCUT2D eigenvalue weighted by Crippen LogP contribution is -2.47. The highest BCUT2D eigenvalue weighted by atomic mass is 35.5. The number of benzene rings is 3. The molecule has 1 N–H and O–H groups in total. The quantitative estimate of drug-likeness (QED) is 0.278. The van der Waals surface area contributed by atoms with E-state index in [1.807, 2.05) is 54.6 Å². The van der Waals surface area contributed by atoms with Gasteiger partial charge in [-0.1, -0.05) is 54.1 Å². The second-order valence-electron chi connectivity index (χ2n) is 8.80. The number of carbonyl (C=O) groups is 1. The van der Waals surface area contributed by atoms with E-state index in [2.05, 4.69) is 11.2 Å². The number of rotatable bonds is 11. The number of halogens is 1. The van der Waals surface area contributed by atoms with E-state index in [1.165, 1.54) is 35.5 Å². The Hall–Kier alpha value is -4.62. The molecule has 0 saturated heterocycles. The Morgan fingerprint density at radius 2 is 1.84 bits per heavy atom. The number of nitro benzene ring substituents is 1. The van der Waals surface area contributed by atoms with E-state index < -0.39 is 22.5 Å². The maximum atomic E-state index is 12.0. The van der Waals surface area contributed by atoms with Crippen LogP contribution in [0.5, 0.6) is 5.75 Å². The van der Waals surface area contributed by atoms with Crippen LogP contribution in [0.25, 0.3) is 0 Å². The minimum Gasteiger partial charge on any atom is -0.477 e. The smallest absolute Gasteiger partial charge is 0.366 e. The van der Waals surface area contributed by atoms with E-state index in [1.54, 1.807) is 5.01 Å². The van der Waals surface area contributed by atoms with Crippen LogP contribution in [0.15, 0.2) is 84.0 Å². The summed E-state index contributed by atoms with van der Waals surface area (Å²) in [7, 11) is 0. The van der Waals surface area contributed by atoms with E-state index in [9.17, 15) is 25.3 Å². The summed E-state index contributed by atoms with van der Waals surface area (Å²) in [6.45, 7) is 0.291. The van der Waals surface area contributed by atoms with Crippen molar-refractivity contribution in [3.63, 3.8) is 0 Å². The number of aryl methyl sites for hydroxylation is 1. The van der Waals surface area contributed by atoms with Crippen LogP contribution in [-0.2, 0) is 16.6 Å². The van der Waals surface area contributed by atoms with Gasteiger partial charge < -0.3 is 9.84 Å². The number of nitriles is 1. The van der Waals surface area contributed by atoms with Gasteiger partial charge in [0, 0.05) is 17.2 Å². The summed E-state index contributed by atoms with van der Waals surface area (Å²) < 4.78 is 5.61. The first-order valence-electron chi connectivity index (χ1n) is 11.7. The highest BCUT2D eigenvalue weighted by Gasteiger charge is 2.38. The molecule has 10 nitrogen and oxygen atoms in total. The molecule has 0 spiro atoms. The number of hydrogen-bond donors (Lipinski definition) is 1. The van der Waals surface area contributed by atoms with Crippen molar-refractivity contribution in [2.24, 2.45) is 5.10 Å². The van der Waals surface area contributed by atoms with E-state index in [0.717, 1.165) is 11.1 Å². The number of hydrazone groups is 1. The second-order valence-corrected chi connectivity index (χ2v) is 9.23. The predicted octanol–water partition coefficient (Wildman–Crippen LogP) is 4.65. The first kappa shape index (κ1) is 26.4. The number of ether oxygens (including phenoxy) is 1. The topological polar surface area (TPSA) is 132 Å². The average Bonchev–Trinajstić information content (AvgIpc) is 3.39. The van der Waals surface area contributed by atoms with Crippen molar-refractivity contribution in [2.75, 3.05) is 13.2 Å². The van der Waals surface area contributed by atoms with Crippen LogP contribution in [0.1, 0.15) is 17.5 Å². The fraction of sp³-hybridized carbons (Fsp3) is 0.222. The minimum absolute atomic E-state index is 0.0706. The lowest BCUT2D eigenvalue weighted by Gasteiger charge is -2.32. The molecule has 0 amide bonds. The van der Waals surface area contributed by atoms with Crippen LogP contribution in [-0.4, -0.2) is 51.7 Å². The molecular formula is C27H24ClN5O5. The van der Waals surface area contributed by atoms with Crippen molar-refractivity contribution in [1.82, 2.24) is 9.91 Å². The summed E-state index contributed by atoms with van der Waals surface area (Å²) in [5.74, 6) is -1.09. The van der Waals surface area contributed by atoms with Gasteiger partial charge in [-0.05, 0) is 48.2 Å².